The summed E-state index contributed by atoms with van der Waals surface area (Å²) < 4.78 is 1.80. The summed E-state index contributed by atoms with van der Waals surface area (Å²) in [5.74, 6) is 0.757. The van der Waals surface area contributed by atoms with Crippen LogP contribution >= 0.6 is 23.2 Å². The molecule has 0 aliphatic carbocycles. The van der Waals surface area contributed by atoms with Crippen molar-refractivity contribution in [1.82, 2.24) is 24.5 Å². The number of H-pyrrole nitrogens is 1. The third kappa shape index (κ3) is 5.10. The summed E-state index contributed by atoms with van der Waals surface area (Å²) in [6.45, 7) is 0.824. The van der Waals surface area contributed by atoms with E-state index in [4.69, 9.17) is 23.2 Å². The monoisotopic (exact) mass is 486 g/mol. The van der Waals surface area contributed by atoms with E-state index in [1.165, 1.54) is 6.07 Å². The first-order chi connectivity index (χ1) is 15.9. The van der Waals surface area contributed by atoms with Crippen LogP contribution in [0.3, 0.4) is 0 Å². The van der Waals surface area contributed by atoms with Crippen molar-refractivity contribution in [1.29, 1.82) is 0 Å². The van der Waals surface area contributed by atoms with Crippen LogP contribution in [-0.4, -0.2) is 42.5 Å². The Hall–Kier alpha value is -3.96. The van der Waals surface area contributed by atoms with E-state index in [9.17, 15) is 14.9 Å². The summed E-state index contributed by atoms with van der Waals surface area (Å²) in [6.07, 6.45) is 4.92. The molecule has 0 unspecified atom stereocenters. The van der Waals surface area contributed by atoms with Crippen molar-refractivity contribution in [3.05, 3.63) is 85.6 Å². The number of aromatic nitrogens is 5. The molecule has 4 rings (SSSR count). The van der Waals surface area contributed by atoms with Gasteiger partial charge >= 0.3 is 11.2 Å². The van der Waals surface area contributed by atoms with E-state index < -0.39 is 16.2 Å². The second kappa shape index (κ2) is 9.67. The van der Waals surface area contributed by atoms with Gasteiger partial charge in [0.2, 0.25) is 5.95 Å². The summed E-state index contributed by atoms with van der Waals surface area (Å²) in [5, 5.41) is 17.8. The van der Waals surface area contributed by atoms with Gasteiger partial charge in [-0.1, -0.05) is 23.2 Å². The Morgan fingerprint density at radius 2 is 1.94 bits per heavy atom. The molecular formula is C20H16Cl2N8O3. The maximum absolute atomic E-state index is 11.7. The normalized spacial score (nSPS) is 10.7. The zero-order valence-corrected chi connectivity index (χ0v) is 18.3. The van der Waals surface area contributed by atoms with Crippen LogP contribution in [0, 0.1) is 10.1 Å². The summed E-state index contributed by atoms with van der Waals surface area (Å²) in [7, 11) is 0. The Kier molecular flexibility index (Phi) is 6.52. The number of aromatic amines is 1. The number of hydrogen-bond acceptors (Lipinski definition) is 8. The molecule has 168 valence electrons. The van der Waals surface area contributed by atoms with Crippen LogP contribution in [0.2, 0.25) is 10.0 Å². The predicted molar refractivity (Wildman–Crippen MR) is 125 cm³/mol. The van der Waals surface area contributed by atoms with Gasteiger partial charge in [-0.3, -0.25) is 19.5 Å². The molecule has 33 heavy (non-hydrogen) atoms. The molecular weight excluding hydrogens is 471 g/mol. The fraction of sp³-hybridized carbons (Fsp3) is 0.100. The van der Waals surface area contributed by atoms with Gasteiger partial charge in [-0.2, -0.15) is 0 Å². The van der Waals surface area contributed by atoms with Crippen molar-refractivity contribution >= 4 is 40.7 Å². The van der Waals surface area contributed by atoms with E-state index in [1.54, 1.807) is 47.6 Å². The average Bonchev–Trinajstić information content (AvgIpc) is 3.26. The lowest BCUT2D eigenvalue weighted by atomic mass is 10.2. The summed E-state index contributed by atoms with van der Waals surface area (Å²) >= 11 is 12.3. The molecule has 3 heterocycles. The minimum absolute atomic E-state index is 0.366. The number of anilines is 2. The minimum atomic E-state index is -0.772. The number of rotatable bonds is 8. The fourth-order valence-corrected chi connectivity index (χ4v) is 3.52. The Morgan fingerprint density at radius 1 is 1.12 bits per heavy atom. The smallest absolute Gasteiger partial charge is 0.334 e. The van der Waals surface area contributed by atoms with Gasteiger partial charge in [0.05, 0.1) is 39.5 Å². The molecule has 0 aliphatic heterocycles. The Balaban J connectivity index is 1.42. The number of imidazole rings is 1. The van der Waals surface area contributed by atoms with E-state index in [2.05, 4.69) is 30.6 Å². The second-order valence-electron chi connectivity index (χ2n) is 6.71. The lowest BCUT2D eigenvalue weighted by Gasteiger charge is -2.11. The molecule has 0 fully saturated rings. The molecule has 0 aliphatic rings. The van der Waals surface area contributed by atoms with Crippen molar-refractivity contribution in [2.45, 2.75) is 0 Å². The number of nitrogens with zero attached hydrogens (tertiary/aromatic N) is 5. The quantitative estimate of drug-likeness (QED) is 0.194. The second-order valence-corrected chi connectivity index (χ2v) is 7.55. The van der Waals surface area contributed by atoms with Crippen LogP contribution in [-0.2, 0) is 0 Å². The van der Waals surface area contributed by atoms with E-state index in [0.717, 1.165) is 6.07 Å². The lowest BCUT2D eigenvalue weighted by Crippen LogP contribution is -2.18. The standard InChI is InChI=1S/C20H16Cl2N8O3/c21-12-1-2-15(13(22)9-12)29-11-23-10-17(29)14-5-6-25-20(27-14)26-8-7-24-18-4-3-16(30(32)33)19(31)28-18/h1-6,9-11H,7-8H2,(H2,24,28,31)(H,25,26,27). The van der Waals surface area contributed by atoms with Crippen LogP contribution in [0.25, 0.3) is 17.1 Å². The molecule has 11 nitrogen and oxygen atoms in total. The van der Waals surface area contributed by atoms with Crippen LogP contribution in [0.4, 0.5) is 17.5 Å². The van der Waals surface area contributed by atoms with Gasteiger partial charge in [0.1, 0.15) is 5.82 Å². The molecule has 0 atom stereocenters. The van der Waals surface area contributed by atoms with Gasteiger partial charge in [0.15, 0.2) is 0 Å². The Bertz CT molecular complexity index is 1370. The molecule has 0 radical (unpaired) electrons. The van der Waals surface area contributed by atoms with Gasteiger partial charge in [0, 0.05) is 30.4 Å². The van der Waals surface area contributed by atoms with Gasteiger partial charge in [0.25, 0.3) is 0 Å². The highest BCUT2D eigenvalue weighted by Crippen LogP contribution is 2.28. The molecule has 0 saturated heterocycles. The van der Waals surface area contributed by atoms with E-state index >= 15 is 0 Å². The van der Waals surface area contributed by atoms with Crippen molar-refractivity contribution in [3.63, 3.8) is 0 Å². The maximum atomic E-state index is 11.7. The van der Waals surface area contributed by atoms with Gasteiger partial charge in [-0.25, -0.2) is 15.0 Å². The van der Waals surface area contributed by atoms with Crippen molar-refractivity contribution in [3.8, 4) is 17.1 Å². The maximum Gasteiger partial charge on any atom is 0.334 e. The SMILES string of the molecule is O=c1[nH]c(NCCNc2nccc(-c3cncn3-c3ccc(Cl)cc3Cl)n2)ccc1[N+](=O)[O-]. The number of nitrogens with one attached hydrogen (secondary N) is 3. The average molecular weight is 487 g/mol. The highest BCUT2D eigenvalue weighted by molar-refractivity contribution is 6.35. The van der Waals surface area contributed by atoms with Crippen molar-refractivity contribution < 1.29 is 4.92 Å². The summed E-state index contributed by atoms with van der Waals surface area (Å²) in [4.78, 5) is 37.0. The lowest BCUT2D eigenvalue weighted by molar-refractivity contribution is -0.386. The molecule has 1 aromatic carbocycles. The first kappa shape index (κ1) is 22.2. The van der Waals surface area contributed by atoms with Gasteiger partial charge < -0.3 is 15.6 Å². The predicted octanol–water partition coefficient (Wildman–Crippen LogP) is 3.76. The van der Waals surface area contributed by atoms with Gasteiger partial charge in [-0.15, -0.1) is 0 Å². The highest BCUT2D eigenvalue weighted by atomic mass is 35.5. The van der Waals surface area contributed by atoms with E-state index in [-0.39, 0.29) is 0 Å². The first-order valence-corrected chi connectivity index (χ1v) is 10.3. The fourth-order valence-electron chi connectivity index (χ4n) is 3.02. The first-order valence-electron chi connectivity index (χ1n) is 9.59. The molecule has 0 saturated carbocycles. The summed E-state index contributed by atoms with van der Waals surface area (Å²) in [5.41, 5.74) is 0.771. The molecule has 4 aromatic rings. The number of halogens is 2. The topological polar surface area (TPSA) is 144 Å². The molecule has 0 bridgehead atoms. The number of hydrogen-bond donors (Lipinski definition) is 3. The Labute approximate surface area is 196 Å². The van der Waals surface area contributed by atoms with E-state index in [0.29, 0.717) is 52.0 Å². The molecule has 3 aromatic heterocycles. The van der Waals surface area contributed by atoms with Crippen LogP contribution in [0.15, 0.2) is 59.9 Å². The third-order valence-electron chi connectivity index (χ3n) is 4.53. The highest BCUT2D eigenvalue weighted by Gasteiger charge is 2.13. The molecule has 0 spiro atoms. The van der Waals surface area contributed by atoms with Gasteiger partial charge in [-0.05, 0) is 30.3 Å². The number of benzene rings is 1. The van der Waals surface area contributed by atoms with Crippen LogP contribution in [0.5, 0.6) is 0 Å². The minimum Gasteiger partial charge on any atom is -0.370 e. The molecule has 0 amide bonds. The molecule has 13 heteroatoms. The third-order valence-corrected chi connectivity index (χ3v) is 5.07. The summed E-state index contributed by atoms with van der Waals surface area (Å²) in [6, 6.07) is 9.52. The van der Waals surface area contributed by atoms with Crippen LogP contribution in [0.1, 0.15) is 0 Å². The molecule has 3 N–H and O–H groups in total. The Morgan fingerprint density at radius 3 is 2.70 bits per heavy atom. The van der Waals surface area contributed by atoms with Crippen LogP contribution < -0.4 is 16.2 Å². The largest absolute Gasteiger partial charge is 0.370 e. The number of pyridine rings is 1. The number of nitro groups is 1. The zero-order valence-electron chi connectivity index (χ0n) is 16.8. The van der Waals surface area contributed by atoms with Crippen molar-refractivity contribution in [2.24, 2.45) is 0 Å². The zero-order chi connectivity index (χ0) is 23.4. The van der Waals surface area contributed by atoms with Crippen molar-refractivity contribution in [2.75, 3.05) is 23.7 Å². The van der Waals surface area contributed by atoms with E-state index in [1.807, 2.05) is 0 Å².